The van der Waals surface area contributed by atoms with Crippen LogP contribution in [-0.4, -0.2) is 106 Å². The average Bonchev–Trinajstić information content (AvgIpc) is 3.48. The predicted molar refractivity (Wildman–Crippen MR) is 191 cm³/mol. The van der Waals surface area contributed by atoms with Crippen LogP contribution >= 0.6 is 0 Å². The van der Waals surface area contributed by atoms with Crippen LogP contribution in [0.15, 0.2) is 48.9 Å². The van der Waals surface area contributed by atoms with Gasteiger partial charge in [-0.2, -0.15) is 0 Å². The molecule has 0 atom stereocenters. The van der Waals surface area contributed by atoms with Gasteiger partial charge in [0.1, 0.15) is 11.4 Å². The zero-order chi connectivity index (χ0) is 34.4. The highest BCUT2D eigenvalue weighted by Gasteiger charge is 2.44. The van der Waals surface area contributed by atoms with Crippen molar-refractivity contribution in [3.63, 3.8) is 0 Å². The standard InChI is InChI=1S/C38H47FN8O3/c1-44-23-38(24-44)13-19-46(20-14-38)25-11-17-45(18-12-25)27-5-8-31-32(21-27)47(26-3-6-28(48)7-4-26)37(42-31)43-36(49)29-9-16-41-35(34(29)39)30-22-40-15-10-33(30)50-2/h5,8-10,15-16,21-22,25-26,28,48H,3-4,6-7,11-14,17-20,23-24H2,1-2H3,(H,42,43,49). The Morgan fingerprint density at radius 1 is 0.980 bits per heavy atom. The molecule has 2 N–H and O–H groups in total. The maximum absolute atomic E-state index is 15.9. The first-order chi connectivity index (χ1) is 24.3. The van der Waals surface area contributed by atoms with E-state index in [0.29, 0.717) is 41.6 Å². The largest absolute Gasteiger partial charge is 0.496 e. The van der Waals surface area contributed by atoms with Crippen LogP contribution in [0.5, 0.6) is 5.75 Å². The van der Waals surface area contributed by atoms with Crippen LogP contribution in [-0.2, 0) is 0 Å². The molecule has 3 aromatic heterocycles. The van der Waals surface area contributed by atoms with Gasteiger partial charge in [0.05, 0.1) is 35.4 Å². The Kier molecular flexibility index (Phi) is 8.94. The number of amides is 1. The molecule has 0 radical (unpaired) electrons. The van der Waals surface area contributed by atoms with Crippen LogP contribution in [0.1, 0.15) is 67.8 Å². The number of nitrogens with one attached hydrogen (secondary N) is 1. The highest BCUT2D eigenvalue weighted by atomic mass is 19.1. The summed E-state index contributed by atoms with van der Waals surface area (Å²) in [6, 6.07) is 10.0. The van der Waals surface area contributed by atoms with Gasteiger partial charge in [0.2, 0.25) is 5.95 Å². The van der Waals surface area contributed by atoms with E-state index < -0.39 is 11.7 Å². The first-order valence-electron chi connectivity index (χ1n) is 18.1. The number of hydrogen-bond donors (Lipinski definition) is 2. The summed E-state index contributed by atoms with van der Waals surface area (Å²) < 4.78 is 23.4. The van der Waals surface area contributed by atoms with Crippen molar-refractivity contribution in [2.75, 3.05) is 63.6 Å². The van der Waals surface area contributed by atoms with E-state index in [2.05, 4.69) is 53.7 Å². The number of fused-ring (bicyclic) bond motifs is 1. The average molecular weight is 683 g/mol. The number of aliphatic hydroxyl groups is 1. The van der Waals surface area contributed by atoms with E-state index in [1.165, 1.54) is 64.6 Å². The molecule has 1 amide bonds. The van der Waals surface area contributed by atoms with Crippen LogP contribution in [0.2, 0.25) is 0 Å². The summed E-state index contributed by atoms with van der Waals surface area (Å²) in [6.07, 6.45) is 11.9. The molecule has 8 rings (SSSR count). The lowest BCUT2D eigenvalue weighted by molar-refractivity contribution is -0.0419. The van der Waals surface area contributed by atoms with Gasteiger partial charge in [-0.05, 0) is 107 Å². The molecule has 264 valence electrons. The minimum atomic E-state index is -0.759. The van der Waals surface area contributed by atoms with E-state index in [9.17, 15) is 9.90 Å². The number of aliphatic hydroxyl groups excluding tert-OH is 1. The quantitative estimate of drug-likeness (QED) is 0.266. The molecule has 1 saturated carbocycles. The summed E-state index contributed by atoms with van der Waals surface area (Å²) in [5, 5.41) is 13.2. The molecular weight excluding hydrogens is 635 g/mol. The van der Waals surface area contributed by atoms with Crippen LogP contribution in [0.4, 0.5) is 16.0 Å². The molecule has 1 aromatic carbocycles. The Balaban J connectivity index is 1.03. The van der Waals surface area contributed by atoms with Gasteiger partial charge in [0.25, 0.3) is 5.91 Å². The van der Waals surface area contributed by atoms with Gasteiger partial charge in [0.15, 0.2) is 5.82 Å². The highest BCUT2D eigenvalue weighted by molar-refractivity contribution is 6.05. The van der Waals surface area contributed by atoms with Gasteiger partial charge in [-0.1, -0.05) is 0 Å². The van der Waals surface area contributed by atoms with E-state index in [-0.39, 0.29) is 23.4 Å². The van der Waals surface area contributed by atoms with Crippen LogP contribution < -0.4 is 15.0 Å². The lowest BCUT2D eigenvalue weighted by atomic mass is 9.72. The molecule has 4 fully saturated rings. The maximum atomic E-state index is 15.9. The number of likely N-dealkylation sites (tertiary alicyclic amines) is 2. The third-order valence-corrected chi connectivity index (χ3v) is 11.7. The molecule has 6 heterocycles. The van der Waals surface area contributed by atoms with Crippen molar-refractivity contribution in [1.82, 2.24) is 29.3 Å². The minimum Gasteiger partial charge on any atom is -0.496 e. The second-order valence-electron chi connectivity index (χ2n) is 14.9. The molecule has 1 aliphatic carbocycles. The molecule has 50 heavy (non-hydrogen) atoms. The Morgan fingerprint density at radius 3 is 2.46 bits per heavy atom. The number of imidazole rings is 1. The second-order valence-corrected chi connectivity index (χ2v) is 14.9. The third-order valence-electron chi connectivity index (χ3n) is 11.7. The smallest absolute Gasteiger partial charge is 0.261 e. The number of nitrogens with zero attached hydrogens (tertiary/aromatic N) is 7. The fourth-order valence-corrected chi connectivity index (χ4v) is 9.03. The second kappa shape index (κ2) is 13.5. The predicted octanol–water partition coefficient (Wildman–Crippen LogP) is 5.37. The summed E-state index contributed by atoms with van der Waals surface area (Å²) in [5.74, 6) is -0.590. The zero-order valence-electron chi connectivity index (χ0n) is 29.0. The molecule has 3 saturated heterocycles. The number of aromatic nitrogens is 4. The first-order valence-corrected chi connectivity index (χ1v) is 18.1. The Bertz CT molecular complexity index is 1850. The number of carbonyl (C=O) groups is 1. The normalized spacial score (nSPS) is 23.2. The SMILES string of the molecule is COc1ccncc1-c1nccc(C(=O)Nc2nc3ccc(N4CCC(N5CCC6(CC5)CN(C)C6)CC4)cc3n2C2CCC(O)CC2)c1F. The van der Waals surface area contributed by atoms with Gasteiger partial charge in [-0.3, -0.25) is 20.1 Å². The van der Waals surface area contributed by atoms with Gasteiger partial charge in [0, 0.05) is 62.5 Å². The van der Waals surface area contributed by atoms with E-state index in [4.69, 9.17) is 9.72 Å². The van der Waals surface area contributed by atoms with Gasteiger partial charge < -0.3 is 29.1 Å². The number of methoxy groups -OCH3 is 1. The molecule has 1 spiro atoms. The van der Waals surface area contributed by atoms with E-state index in [0.717, 1.165) is 55.5 Å². The van der Waals surface area contributed by atoms with Crippen molar-refractivity contribution in [3.8, 4) is 17.0 Å². The number of anilines is 2. The van der Waals surface area contributed by atoms with Crippen molar-refractivity contribution in [3.05, 3.63) is 60.3 Å². The van der Waals surface area contributed by atoms with E-state index in [1.807, 2.05) is 6.07 Å². The Hall–Kier alpha value is -4.13. The molecule has 3 aliphatic heterocycles. The van der Waals surface area contributed by atoms with Crippen molar-refractivity contribution < 1.29 is 19.0 Å². The number of piperidine rings is 2. The molecule has 11 nitrogen and oxygen atoms in total. The van der Waals surface area contributed by atoms with Gasteiger partial charge in [-0.25, -0.2) is 9.37 Å². The number of rotatable bonds is 7. The Labute approximate surface area is 292 Å². The zero-order valence-corrected chi connectivity index (χ0v) is 29.0. The van der Waals surface area contributed by atoms with Crippen molar-refractivity contribution in [1.29, 1.82) is 0 Å². The molecule has 12 heteroatoms. The number of hydrogen-bond acceptors (Lipinski definition) is 9. The van der Waals surface area contributed by atoms with E-state index in [1.54, 1.807) is 12.3 Å². The van der Waals surface area contributed by atoms with Crippen molar-refractivity contribution >= 4 is 28.6 Å². The summed E-state index contributed by atoms with van der Waals surface area (Å²) in [5.41, 5.74) is 3.62. The summed E-state index contributed by atoms with van der Waals surface area (Å²) >= 11 is 0. The Morgan fingerprint density at radius 2 is 1.74 bits per heavy atom. The highest BCUT2D eigenvalue weighted by Crippen LogP contribution is 2.41. The van der Waals surface area contributed by atoms with Gasteiger partial charge >= 0.3 is 0 Å². The van der Waals surface area contributed by atoms with Crippen molar-refractivity contribution in [2.45, 2.75) is 69.6 Å². The summed E-state index contributed by atoms with van der Waals surface area (Å²) in [4.78, 5) is 34.6. The maximum Gasteiger partial charge on any atom is 0.261 e. The number of ether oxygens (including phenoxy) is 1. The van der Waals surface area contributed by atoms with Crippen molar-refractivity contribution in [2.24, 2.45) is 5.41 Å². The monoisotopic (exact) mass is 682 g/mol. The number of benzene rings is 1. The number of pyridine rings is 2. The molecule has 0 bridgehead atoms. The summed E-state index contributed by atoms with van der Waals surface area (Å²) in [6.45, 7) is 6.95. The lowest BCUT2D eigenvalue weighted by Gasteiger charge is -2.54. The fourth-order valence-electron chi connectivity index (χ4n) is 9.03. The van der Waals surface area contributed by atoms with Crippen LogP contribution in [0, 0.1) is 11.2 Å². The van der Waals surface area contributed by atoms with E-state index >= 15 is 4.39 Å². The van der Waals surface area contributed by atoms with Crippen LogP contribution in [0.3, 0.4) is 0 Å². The molecule has 0 unspecified atom stereocenters. The molecular formula is C38H47FN8O3. The topological polar surface area (TPSA) is 112 Å². The first kappa shape index (κ1) is 33.0. The third kappa shape index (κ3) is 6.22. The summed E-state index contributed by atoms with van der Waals surface area (Å²) in [7, 11) is 3.73. The lowest BCUT2D eigenvalue weighted by Crippen LogP contribution is -2.60. The minimum absolute atomic E-state index is 0.0128. The molecule has 4 aromatic rings. The fraction of sp³-hybridized carbons (Fsp3) is 0.526. The molecule has 4 aliphatic rings. The van der Waals surface area contributed by atoms with Crippen LogP contribution in [0.25, 0.3) is 22.3 Å². The van der Waals surface area contributed by atoms with Gasteiger partial charge in [-0.15, -0.1) is 0 Å². The number of halogens is 1. The number of carbonyl (C=O) groups excluding carboxylic acids is 1.